The molecular formula is C11H7IN2. The van der Waals surface area contributed by atoms with Crippen LogP contribution in [0.5, 0.6) is 0 Å². The zero-order valence-corrected chi connectivity index (χ0v) is 9.47. The Labute approximate surface area is 95.9 Å². The molecule has 0 saturated carbocycles. The van der Waals surface area contributed by atoms with Gasteiger partial charge < -0.3 is 4.57 Å². The van der Waals surface area contributed by atoms with Crippen molar-refractivity contribution < 1.29 is 0 Å². The summed E-state index contributed by atoms with van der Waals surface area (Å²) in [4.78, 5) is 0. The summed E-state index contributed by atoms with van der Waals surface area (Å²) in [6.45, 7) is 0. The third kappa shape index (κ3) is 1.66. The van der Waals surface area contributed by atoms with Gasteiger partial charge >= 0.3 is 0 Å². The monoisotopic (exact) mass is 294 g/mol. The summed E-state index contributed by atoms with van der Waals surface area (Å²) in [7, 11) is 0. The van der Waals surface area contributed by atoms with Crippen molar-refractivity contribution in [3.05, 3.63) is 51.9 Å². The molecule has 0 atom stereocenters. The van der Waals surface area contributed by atoms with E-state index in [1.165, 1.54) is 3.57 Å². The zero-order valence-electron chi connectivity index (χ0n) is 7.31. The first-order valence-electron chi connectivity index (χ1n) is 4.14. The summed E-state index contributed by atoms with van der Waals surface area (Å²) in [5.74, 6) is 0. The Morgan fingerprint density at radius 3 is 2.50 bits per heavy atom. The largest absolute Gasteiger partial charge is 0.308 e. The Morgan fingerprint density at radius 1 is 1.14 bits per heavy atom. The van der Waals surface area contributed by atoms with Crippen molar-refractivity contribution in [2.24, 2.45) is 0 Å². The lowest BCUT2D eigenvalue weighted by Gasteiger charge is -2.03. The Morgan fingerprint density at radius 2 is 1.86 bits per heavy atom. The van der Waals surface area contributed by atoms with E-state index in [4.69, 9.17) is 5.26 Å². The van der Waals surface area contributed by atoms with E-state index in [2.05, 4.69) is 28.7 Å². The number of nitriles is 1. The molecule has 3 heteroatoms. The van der Waals surface area contributed by atoms with Crippen molar-refractivity contribution in [2.45, 2.75) is 0 Å². The Kier molecular flexibility index (Phi) is 2.55. The molecule has 0 aliphatic heterocycles. The van der Waals surface area contributed by atoms with Crippen molar-refractivity contribution in [3.8, 4) is 11.8 Å². The maximum atomic E-state index is 8.85. The van der Waals surface area contributed by atoms with Gasteiger partial charge in [0.15, 0.2) is 0 Å². The first kappa shape index (κ1) is 9.28. The number of aromatic nitrogens is 1. The summed E-state index contributed by atoms with van der Waals surface area (Å²) in [6.07, 6.45) is 1.89. The standard InChI is InChI=1S/C11H7IN2/c12-9-3-5-10(6-4-9)14-7-1-2-11(14)8-13/h1-7H. The van der Waals surface area contributed by atoms with Gasteiger partial charge in [0.05, 0.1) is 0 Å². The minimum atomic E-state index is 0.659. The van der Waals surface area contributed by atoms with Crippen LogP contribution in [0, 0.1) is 14.9 Å². The SMILES string of the molecule is N#Cc1cccn1-c1ccc(I)cc1. The molecule has 1 aromatic carbocycles. The van der Waals surface area contributed by atoms with Crippen LogP contribution >= 0.6 is 22.6 Å². The number of hydrogen-bond donors (Lipinski definition) is 0. The fourth-order valence-corrected chi connectivity index (χ4v) is 1.66. The normalized spacial score (nSPS) is 9.71. The molecule has 14 heavy (non-hydrogen) atoms. The van der Waals surface area contributed by atoms with Crippen molar-refractivity contribution in [2.75, 3.05) is 0 Å². The lowest BCUT2D eigenvalue weighted by molar-refractivity contribution is 1.05. The van der Waals surface area contributed by atoms with Crippen LogP contribution in [0.15, 0.2) is 42.6 Å². The van der Waals surface area contributed by atoms with Crippen LogP contribution in [0.25, 0.3) is 5.69 Å². The fourth-order valence-electron chi connectivity index (χ4n) is 1.30. The maximum Gasteiger partial charge on any atom is 0.124 e. The smallest absolute Gasteiger partial charge is 0.124 e. The summed E-state index contributed by atoms with van der Waals surface area (Å²) in [6, 6.07) is 13.9. The molecule has 0 aliphatic carbocycles. The van der Waals surface area contributed by atoms with Crippen LogP contribution in [0.3, 0.4) is 0 Å². The molecule has 0 saturated heterocycles. The zero-order chi connectivity index (χ0) is 9.97. The molecule has 0 radical (unpaired) electrons. The Balaban J connectivity index is 2.50. The molecule has 0 fully saturated rings. The number of hydrogen-bond acceptors (Lipinski definition) is 1. The lowest BCUT2D eigenvalue weighted by atomic mass is 10.3. The highest BCUT2D eigenvalue weighted by atomic mass is 127. The fraction of sp³-hybridized carbons (Fsp3) is 0. The molecule has 68 valence electrons. The number of halogens is 1. The summed E-state index contributed by atoms with van der Waals surface area (Å²) >= 11 is 2.26. The van der Waals surface area contributed by atoms with E-state index < -0.39 is 0 Å². The highest BCUT2D eigenvalue weighted by Gasteiger charge is 2.00. The minimum Gasteiger partial charge on any atom is -0.308 e. The van der Waals surface area contributed by atoms with E-state index in [0.717, 1.165) is 5.69 Å². The van der Waals surface area contributed by atoms with Crippen LogP contribution < -0.4 is 0 Å². The van der Waals surface area contributed by atoms with Crippen LogP contribution in [0.1, 0.15) is 5.69 Å². The Bertz CT molecular complexity index is 477. The average Bonchev–Trinajstić information content (AvgIpc) is 2.67. The van der Waals surface area contributed by atoms with Crippen molar-refractivity contribution in [3.63, 3.8) is 0 Å². The van der Waals surface area contributed by atoms with Gasteiger partial charge in [0.25, 0.3) is 0 Å². The summed E-state index contributed by atoms with van der Waals surface area (Å²) in [5, 5.41) is 8.85. The third-order valence-electron chi connectivity index (χ3n) is 1.97. The predicted molar refractivity (Wildman–Crippen MR) is 63.2 cm³/mol. The first-order chi connectivity index (χ1) is 6.81. The molecule has 0 spiro atoms. The van der Waals surface area contributed by atoms with Gasteiger partial charge in [-0.3, -0.25) is 0 Å². The van der Waals surface area contributed by atoms with E-state index in [0.29, 0.717) is 5.69 Å². The van der Waals surface area contributed by atoms with Gasteiger partial charge in [-0.2, -0.15) is 5.26 Å². The first-order valence-corrected chi connectivity index (χ1v) is 5.22. The third-order valence-corrected chi connectivity index (χ3v) is 2.69. The molecule has 0 N–H and O–H groups in total. The van der Waals surface area contributed by atoms with Crippen LogP contribution in [-0.2, 0) is 0 Å². The van der Waals surface area contributed by atoms with Gasteiger partial charge in [0.1, 0.15) is 11.8 Å². The summed E-state index contributed by atoms with van der Waals surface area (Å²) in [5.41, 5.74) is 1.68. The molecule has 0 aliphatic rings. The van der Waals surface area contributed by atoms with Gasteiger partial charge in [-0.1, -0.05) is 0 Å². The number of nitrogens with zero attached hydrogens (tertiary/aromatic N) is 2. The topological polar surface area (TPSA) is 28.7 Å². The van der Waals surface area contributed by atoms with E-state index in [-0.39, 0.29) is 0 Å². The quantitative estimate of drug-likeness (QED) is 0.743. The van der Waals surface area contributed by atoms with Crippen molar-refractivity contribution >= 4 is 22.6 Å². The average molecular weight is 294 g/mol. The second kappa shape index (κ2) is 3.84. The van der Waals surface area contributed by atoms with Gasteiger partial charge in [0.2, 0.25) is 0 Å². The molecule has 0 bridgehead atoms. The van der Waals surface area contributed by atoms with Gasteiger partial charge in [-0.15, -0.1) is 0 Å². The highest BCUT2D eigenvalue weighted by molar-refractivity contribution is 14.1. The molecular weight excluding hydrogens is 287 g/mol. The van der Waals surface area contributed by atoms with Gasteiger partial charge in [-0.25, -0.2) is 0 Å². The second-order valence-corrected chi connectivity index (χ2v) is 4.10. The molecule has 0 unspecified atom stereocenters. The maximum absolute atomic E-state index is 8.85. The number of rotatable bonds is 1. The van der Waals surface area contributed by atoms with E-state index in [1.807, 2.05) is 41.1 Å². The van der Waals surface area contributed by atoms with Crippen LogP contribution in [-0.4, -0.2) is 4.57 Å². The van der Waals surface area contributed by atoms with Crippen LogP contribution in [0.2, 0.25) is 0 Å². The summed E-state index contributed by atoms with van der Waals surface area (Å²) < 4.78 is 3.06. The van der Waals surface area contributed by atoms with E-state index >= 15 is 0 Å². The van der Waals surface area contributed by atoms with E-state index in [1.54, 1.807) is 6.07 Å². The predicted octanol–water partition coefficient (Wildman–Crippen LogP) is 2.95. The lowest BCUT2D eigenvalue weighted by Crippen LogP contribution is -1.94. The molecule has 2 rings (SSSR count). The molecule has 0 amide bonds. The minimum absolute atomic E-state index is 0.659. The molecule has 2 nitrogen and oxygen atoms in total. The molecule has 2 aromatic rings. The highest BCUT2D eigenvalue weighted by Crippen LogP contribution is 2.13. The van der Waals surface area contributed by atoms with Crippen LogP contribution in [0.4, 0.5) is 0 Å². The molecule has 1 heterocycles. The molecule has 1 aromatic heterocycles. The number of benzene rings is 1. The second-order valence-electron chi connectivity index (χ2n) is 2.85. The van der Waals surface area contributed by atoms with Crippen molar-refractivity contribution in [1.29, 1.82) is 5.26 Å². The van der Waals surface area contributed by atoms with E-state index in [9.17, 15) is 0 Å². The Hall–Kier alpha value is -1.28. The van der Waals surface area contributed by atoms with Crippen molar-refractivity contribution in [1.82, 2.24) is 4.57 Å². The van der Waals surface area contributed by atoms with Gasteiger partial charge in [-0.05, 0) is 59.0 Å². The van der Waals surface area contributed by atoms with Gasteiger partial charge in [0, 0.05) is 15.5 Å².